The average molecular weight is 558 g/mol. The van der Waals surface area contributed by atoms with Gasteiger partial charge in [-0.25, -0.2) is 0 Å². The van der Waals surface area contributed by atoms with Gasteiger partial charge in [-0.15, -0.1) is 0 Å². The van der Waals surface area contributed by atoms with E-state index in [9.17, 15) is 36.2 Å². The van der Waals surface area contributed by atoms with Crippen LogP contribution in [0.15, 0.2) is 30.3 Å². The number of halogens is 6. The third kappa shape index (κ3) is 6.15. The van der Waals surface area contributed by atoms with Gasteiger partial charge >= 0.3 is 18.3 Å². The van der Waals surface area contributed by atoms with Gasteiger partial charge in [0.1, 0.15) is 11.3 Å². The summed E-state index contributed by atoms with van der Waals surface area (Å²) in [6, 6.07) is 8.21. The van der Waals surface area contributed by atoms with E-state index in [1.807, 2.05) is 0 Å². The van der Waals surface area contributed by atoms with E-state index in [0.717, 1.165) is 31.4 Å². The Morgan fingerprint density at radius 3 is 2.18 bits per heavy atom. The molecule has 2 heterocycles. The van der Waals surface area contributed by atoms with E-state index in [-0.39, 0.29) is 54.8 Å². The van der Waals surface area contributed by atoms with Crippen LogP contribution in [0.25, 0.3) is 10.8 Å². The van der Waals surface area contributed by atoms with Crippen LogP contribution >= 0.6 is 0 Å². The van der Waals surface area contributed by atoms with Crippen molar-refractivity contribution >= 4 is 16.7 Å². The molecule has 3 fully saturated rings. The van der Waals surface area contributed by atoms with Crippen LogP contribution in [0.3, 0.4) is 0 Å². The molecule has 3 aliphatic rings. The normalized spacial score (nSPS) is 28.4. The number of hydrogen-bond donors (Lipinski definition) is 1. The highest BCUT2D eigenvalue weighted by molar-refractivity contribution is 5.89. The number of ether oxygens (including phenoxy) is 1. The van der Waals surface area contributed by atoms with Crippen LogP contribution < -0.4 is 4.74 Å². The molecule has 1 saturated carbocycles. The number of carboxylic acids is 1. The van der Waals surface area contributed by atoms with E-state index < -0.39 is 35.9 Å². The van der Waals surface area contributed by atoms with Crippen LogP contribution in [0.5, 0.6) is 5.75 Å². The minimum atomic E-state index is -4.69. The molecule has 2 aromatic rings. The highest BCUT2D eigenvalue weighted by Gasteiger charge is 2.43. The molecule has 1 aliphatic carbocycles. The maximum Gasteiger partial charge on any atom is 0.420 e. The van der Waals surface area contributed by atoms with Gasteiger partial charge in [0.2, 0.25) is 0 Å². The van der Waals surface area contributed by atoms with E-state index >= 15 is 0 Å². The first kappa shape index (κ1) is 28.1. The van der Waals surface area contributed by atoms with Gasteiger partial charge in [-0.1, -0.05) is 30.7 Å². The molecule has 4 nitrogen and oxygen atoms in total. The summed E-state index contributed by atoms with van der Waals surface area (Å²) in [5, 5.41) is 9.91. The minimum Gasteiger partial charge on any atom is -0.490 e. The molecule has 0 amide bonds. The lowest BCUT2D eigenvalue weighted by Gasteiger charge is -2.48. The Balaban J connectivity index is 1.30. The Hall–Kier alpha value is -2.49. The molecule has 2 unspecified atom stereocenters. The van der Waals surface area contributed by atoms with E-state index in [1.54, 1.807) is 18.2 Å². The number of carboxylic acid groups (broad SMARTS) is 1. The van der Waals surface area contributed by atoms with Crippen molar-refractivity contribution in [3.63, 3.8) is 0 Å². The first-order valence-corrected chi connectivity index (χ1v) is 13.7. The number of hydrogen-bond acceptors (Lipinski definition) is 3. The molecule has 10 heteroatoms. The molecular formula is C29H33F6NO3. The summed E-state index contributed by atoms with van der Waals surface area (Å²) < 4.78 is 87.1. The maximum atomic E-state index is 14.2. The monoisotopic (exact) mass is 557 g/mol. The molecule has 2 bridgehead atoms. The van der Waals surface area contributed by atoms with Crippen molar-refractivity contribution in [3.8, 4) is 5.75 Å². The molecule has 1 N–H and O–H groups in total. The predicted octanol–water partition coefficient (Wildman–Crippen LogP) is 7.62. The van der Waals surface area contributed by atoms with Crippen LogP contribution in [-0.2, 0) is 17.4 Å². The largest absolute Gasteiger partial charge is 0.490 e. The number of nitrogens with zero attached hydrogens (tertiary/aromatic N) is 1. The second kappa shape index (κ2) is 10.8. The van der Waals surface area contributed by atoms with E-state index in [2.05, 4.69) is 4.90 Å². The molecule has 214 valence electrons. The van der Waals surface area contributed by atoms with Gasteiger partial charge in [0.25, 0.3) is 0 Å². The lowest BCUT2D eigenvalue weighted by Crippen LogP contribution is -2.53. The fraction of sp³-hybridized carbons (Fsp3) is 0.621. The zero-order valence-electron chi connectivity index (χ0n) is 21.5. The van der Waals surface area contributed by atoms with Crippen molar-refractivity contribution in [2.45, 2.75) is 94.7 Å². The van der Waals surface area contributed by atoms with Crippen LogP contribution in [-0.4, -0.2) is 46.9 Å². The number of piperidine rings is 2. The van der Waals surface area contributed by atoms with Gasteiger partial charge in [0, 0.05) is 18.6 Å². The van der Waals surface area contributed by atoms with Crippen molar-refractivity contribution in [1.29, 1.82) is 0 Å². The molecule has 2 aromatic carbocycles. The number of rotatable bonds is 6. The van der Waals surface area contributed by atoms with Crippen LogP contribution in [0, 0.1) is 11.8 Å². The highest BCUT2D eigenvalue weighted by atomic mass is 19.4. The molecule has 2 aliphatic heterocycles. The topological polar surface area (TPSA) is 49.8 Å². The molecule has 5 rings (SSSR count). The molecular weight excluding hydrogens is 524 g/mol. The Kier molecular flexibility index (Phi) is 7.79. The Morgan fingerprint density at radius 2 is 1.59 bits per heavy atom. The fourth-order valence-electron chi connectivity index (χ4n) is 6.90. The Labute approximate surface area is 223 Å². The molecule has 2 saturated heterocycles. The van der Waals surface area contributed by atoms with Gasteiger partial charge in [-0.2, -0.15) is 26.3 Å². The molecule has 0 spiro atoms. The van der Waals surface area contributed by atoms with Gasteiger partial charge in [-0.3, -0.25) is 9.69 Å². The molecule has 0 aromatic heterocycles. The zero-order chi connectivity index (χ0) is 27.9. The molecule has 2 atom stereocenters. The number of alkyl halides is 6. The van der Waals surface area contributed by atoms with Crippen LogP contribution in [0.4, 0.5) is 26.3 Å². The SMILES string of the molecule is O=C(O)C1CC2CCCC(C1)N2CCc1ccc2c(C(F)(F)F)c(O[C@H]3CC[C@@H](C(F)(F)F)CC3)ccc2c1. The Morgan fingerprint density at radius 1 is 0.923 bits per heavy atom. The minimum absolute atomic E-state index is 0.00636. The van der Waals surface area contributed by atoms with Crippen molar-refractivity contribution in [2.75, 3.05) is 6.54 Å². The second-order valence-corrected chi connectivity index (χ2v) is 11.4. The van der Waals surface area contributed by atoms with E-state index in [4.69, 9.17) is 4.74 Å². The molecule has 0 radical (unpaired) electrons. The highest BCUT2D eigenvalue weighted by Crippen LogP contribution is 2.44. The summed E-state index contributed by atoms with van der Waals surface area (Å²) >= 11 is 0. The summed E-state index contributed by atoms with van der Waals surface area (Å²) in [6.45, 7) is 0.723. The van der Waals surface area contributed by atoms with Gasteiger partial charge < -0.3 is 9.84 Å². The van der Waals surface area contributed by atoms with Gasteiger partial charge in [0.05, 0.1) is 17.9 Å². The zero-order valence-corrected chi connectivity index (χ0v) is 21.5. The van der Waals surface area contributed by atoms with Crippen molar-refractivity contribution in [2.24, 2.45) is 11.8 Å². The smallest absolute Gasteiger partial charge is 0.420 e. The van der Waals surface area contributed by atoms with Gasteiger partial charge in [0.15, 0.2) is 0 Å². The van der Waals surface area contributed by atoms with Gasteiger partial charge in [-0.05, 0) is 80.2 Å². The lowest BCUT2D eigenvalue weighted by atomic mass is 9.78. The number of fused-ring (bicyclic) bond motifs is 3. The van der Waals surface area contributed by atoms with Crippen LogP contribution in [0.1, 0.15) is 68.9 Å². The van der Waals surface area contributed by atoms with Crippen LogP contribution in [0.2, 0.25) is 0 Å². The standard InChI is InChI=1S/C29H33F6NO3/c30-28(31,32)20-6-8-23(9-7-20)39-25-11-5-18-14-17(4-10-24(18)26(25)29(33,34)35)12-13-36-21-2-1-3-22(36)16-19(15-21)27(37)38/h4-5,10-11,14,19-23H,1-3,6-9,12-13,15-16H2,(H,37,38)/t19?,20-,21?,22?,23+. The first-order chi connectivity index (χ1) is 18.4. The Bertz CT molecular complexity index is 1170. The summed E-state index contributed by atoms with van der Waals surface area (Å²) in [4.78, 5) is 13.9. The van der Waals surface area contributed by atoms with E-state index in [0.29, 0.717) is 24.6 Å². The van der Waals surface area contributed by atoms with Crippen molar-refractivity contribution in [3.05, 3.63) is 41.5 Å². The summed E-state index contributed by atoms with van der Waals surface area (Å²) in [5.41, 5.74) is 0.00275. The fourth-order valence-corrected chi connectivity index (χ4v) is 6.90. The van der Waals surface area contributed by atoms with Crippen molar-refractivity contribution < 1.29 is 41.0 Å². The summed E-state index contributed by atoms with van der Waals surface area (Å²) in [7, 11) is 0. The predicted molar refractivity (Wildman–Crippen MR) is 134 cm³/mol. The second-order valence-electron chi connectivity index (χ2n) is 11.4. The third-order valence-electron chi connectivity index (χ3n) is 8.89. The van der Waals surface area contributed by atoms with E-state index in [1.165, 1.54) is 12.1 Å². The summed E-state index contributed by atoms with van der Waals surface area (Å²) in [5.74, 6) is -2.82. The lowest BCUT2D eigenvalue weighted by molar-refractivity contribution is -0.185. The third-order valence-corrected chi connectivity index (χ3v) is 8.89. The summed E-state index contributed by atoms with van der Waals surface area (Å²) in [6.07, 6.45) is -4.92. The number of aliphatic carboxylic acids is 1. The first-order valence-electron chi connectivity index (χ1n) is 13.7. The average Bonchev–Trinajstić information content (AvgIpc) is 2.85. The maximum absolute atomic E-state index is 14.2. The number of carbonyl (C=O) groups is 1. The van der Waals surface area contributed by atoms with Crippen molar-refractivity contribution in [1.82, 2.24) is 4.90 Å². The molecule has 39 heavy (non-hydrogen) atoms. The number of benzene rings is 2. The quantitative estimate of drug-likeness (QED) is 0.371.